The van der Waals surface area contributed by atoms with E-state index < -0.39 is 11.4 Å². The quantitative estimate of drug-likeness (QED) is 0.481. The van der Waals surface area contributed by atoms with Gasteiger partial charge >= 0.3 is 0 Å². The summed E-state index contributed by atoms with van der Waals surface area (Å²) in [5.74, 6) is -0.492. The molecular weight excluding hydrogens is 170 g/mol. The lowest BCUT2D eigenvalue weighted by atomic mass is 10.1. The van der Waals surface area contributed by atoms with Crippen LogP contribution in [0.25, 0.3) is 0 Å². The highest BCUT2D eigenvalue weighted by Gasteiger charge is 2.23. The third-order valence-electron chi connectivity index (χ3n) is 1.68. The van der Waals surface area contributed by atoms with E-state index in [1.165, 1.54) is 6.92 Å². The van der Waals surface area contributed by atoms with Crippen molar-refractivity contribution in [2.45, 2.75) is 26.3 Å². The lowest BCUT2D eigenvalue weighted by molar-refractivity contribution is -0.123. The monoisotopic (exact) mass is 187 g/mol. The molecule has 0 fully saturated rings. The van der Waals surface area contributed by atoms with Crippen LogP contribution in [0.4, 0.5) is 0 Å². The van der Waals surface area contributed by atoms with E-state index in [1.807, 2.05) is 0 Å². The van der Waals surface area contributed by atoms with Crippen LogP contribution in [-0.2, 0) is 9.59 Å². The van der Waals surface area contributed by atoms with Gasteiger partial charge in [-0.1, -0.05) is 0 Å². The minimum absolute atomic E-state index is 0.0846. The molecule has 0 rings (SSSR count). The van der Waals surface area contributed by atoms with Crippen LogP contribution in [0.5, 0.6) is 0 Å². The number of nitrogens with one attached hydrogen (secondary N) is 2. The maximum absolute atomic E-state index is 10.8. The lowest BCUT2D eigenvalue weighted by Crippen LogP contribution is -2.52. The topological polar surface area (TPSA) is 84.2 Å². The molecule has 0 saturated heterocycles. The fourth-order valence-electron chi connectivity index (χ4n) is 0.701. The molecule has 0 radical (unpaired) electrons. The molecule has 0 saturated carbocycles. The second-order valence-electron chi connectivity index (χ2n) is 3.40. The van der Waals surface area contributed by atoms with Gasteiger partial charge in [0, 0.05) is 20.0 Å². The molecule has 0 heterocycles. The molecule has 0 aromatic carbocycles. The SMILES string of the molecule is CC(=O)NCCNC(C)(C)C(N)=O. The summed E-state index contributed by atoms with van der Waals surface area (Å²) in [7, 11) is 0. The van der Waals surface area contributed by atoms with Crippen molar-refractivity contribution >= 4 is 11.8 Å². The average molecular weight is 187 g/mol. The zero-order valence-corrected chi connectivity index (χ0v) is 8.31. The molecule has 5 heteroatoms. The Bertz CT molecular complexity index is 202. The Hall–Kier alpha value is -1.10. The van der Waals surface area contributed by atoms with E-state index in [0.717, 1.165) is 0 Å². The molecule has 0 atom stereocenters. The van der Waals surface area contributed by atoms with Gasteiger partial charge in [-0.2, -0.15) is 0 Å². The average Bonchev–Trinajstić information content (AvgIpc) is 1.97. The van der Waals surface area contributed by atoms with Gasteiger partial charge in [-0.05, 0) is 13.8 Å². The van der Waals surface area contributed by atoms with Crippen molar-refractivity contribution in [2.75, 3.05) is 13.1 Å². The van der Waals surface area contributed by atoms with Crippen LogP contribution in [0, 0.1) is 0 Å². The number of hydrogen-bond donors (Lipinski definition) is 3. The third-order valence-corrected chi connectivity index (χ3v) is 1.68. The van der Waals surface area contributed by atoms with Crippen LogP contribution in [0.2, 0.25) is 0 Å². The fraction of sp³-hybridized carbons (Fsp3) is 0.750. The van der Waals surface area contributed by atoms with Crippen LogP contribution >= 0.6 is 0 Å². The number of primary amides is 1. The molecule has 0 unspecified atom stereocenters. The van der Waals surface area contributed by atoms with Crippen molar-refractivity contribution in [3.05, 3.63) is 0 Å². The normalized spacial score (nSPS) is 11.0. The van der Waals surface area contributed by atoms with Gasteiger partial charge < -0.3 is 16.4 Å². The largest absolute Gasteiger partial charge is 0.368 e. The Balaban J connectivity index is 3.64. The molecule has 5 nitrogen and oxygen atoms in total. The number of hydrogen-bond acceptors (Lipinski definition) is 3. The van der Waals surface area contributed by atoms with Crippen molar-refractivity contribution < 1.29 is 9.59 Å². The number of nitrogens with two attached hydrogens (primary N) is 1. The van der Waals surface area contributed by atoms with Gasteiger partial charge in [0.05, 0.1) is 5.54 Å². The highest BCUT2D eigenvalue weighted by Crippen LogP contribution is 1.98. The van der Waals surface area contributed by atoms with Gasteiger partial charge in [0.2, 0.25) is 11.8 Å². The summed E-state index contributed by atoms with van der Waals surface area (Å²) in [6.45, 7) is 5.85. The Morgan fingerprint density at radius 2 is 1.85 bits per heavy atom. The van der Waals surface area contributed by atoms with E-state index in [-0.39, 0.29) is 5.91 Å². The molecule has 0 bridgehead atoms. The van der Waals surface area contributed by atoms with Crippen molar-refractivity contribution in [1.82, 2.24) is 10.6 Å². The molecular formula is C8H17N3O2. The van der Waals surface area contributed by atoms with E-state index in [1.54, 1.807) is 13.8 Å². The van der Waals surface area contributed by atoms with Gasteiger partial charge in [-0.3, -0.25) is 9.59 Å². The first-order valence-corrected chi connectivity index (χ1v) is 4.15. The van der Waals surface area contributed by atoms with Crippen molar-refractivity contribution in [2.24, 2.45) is 5.73 Å². The summed E-state index contributed by atoms with van der Waals surface area (Å²) in [5, 5.41) is 5.53. The number of amides is 2. The van der Waals surface area contributed by atoms with Crippen molar-refractivity contribution in [1.29, 1.82) is 0 Å². The van der Waals surface area contributed by atoms with Gasteiger partial charge in [0.25, 0.3) is 0 Å². The zero-order chi connectivity index (χ0) is 10.5. The summed E-state index contributed by atoms with van der Waals surface area (Å²) in [6, 6.07) is 0. The van der Waals surface area contributed by atoms with Gasteiger partial charge in [-0.15, -0.1) is 0 Å². The van der Waals surface area contributed by atoms with E-state index in [9.17, 15) is 9.59 Å². The standard InChI is InChI=1S/C8H17N3O2/c1-6(12)10-4-5-11-8(2,3)7(9)13/h11H,4-5H2,1-3H3,(H2,9,13)(H,10,12). The maximum Gasteiger partial charge on any atom is 0.237 e. The number of carbonyl (C=O) groups is 2. The Labute approximate surface area is 78.1 Å². The van der Waals surface area contributed by atoms with Crippen LogP contribution in [0.3, 0.4) is 0 Å². The lowest BCUT2D eigenvalue weighted by Gasteiger charge is -2.22. The van der Waals surface area contributed by atoms with E-state index in [0.29, 0.717) is 13.1 Å². The Morgan fingerprint density at radius 3 is 2.23 bits per heavy atom. The molecule has 0 spiro atoms. The molecule has 13 heavy (non-hydrogen) atoms. The predicted octanol–water partition coefficient (Wildman–Crippen LogP) is -1.02. The summed E-state index contributed by atoms with van der Waals surface area (Å²) in [4.78, 5) is 21.3. The highest BCUT2D eigenvalue weighted by molar-refractivity contribution is 5.83. The fourth-order valence-corrected chi connectivity index (χ4v) is 0.701. The summed E-state index contributed by atoms with van der Waals surface area (Å²) in [6.07, 6.45) is 0. The van der Waals surface area contributed by atoms with Crippen molar-refractivity contribution in [3.63, 3.8) is 0 Å². The molecule has 0 aromatic heterocycles. The van der Waals surface area contributed by atoms with Crippen molar-refractivity contribution in [3.8, 4) is 0 Å². The number of carbonyl (C=O) groups excluding carboxylic acids is 2. The van der Waals surface area contributed by atoms with E-state index in [2.05, 4.69) is 10.6 Å². The zero-order valence-electron chi connectivity index (χ0n) is 8.31. The van der Waals surface area contributed by atoms with E-state index >= 15 is 0 Å². The molecule has 76 valence electrons. The number of rotatable bonds is 5. The Kier molecular flexibility index (Phi) is 4.40. The minimum Gasteiger partial charge on any atom is -0.368 e. The smallest absolute Gasteiger partial charge is 0.237 e. The Morgan fingerprint density at radius 1 is 1.31 bits per heavy atom. The van der Waals surface area contributed by atoms with Crippen LogP contribution in [-0.4, -0.2) is 30.4 Å². The summed E-state index contributed by atoms with van der Waals surface area (Å²) >= 11 is 0. The predicted molar refractivity (Wildman–Crippen MR) is 50.0 cm³/mol. The first-order valence-electron chi connectivity index (χ1n) is 4.15. The van der Waals surface area contributed by atoms with Crippen LogP contribution in [0.1, 0.15) is 20.8 Å². The summed E-state index contributed by atoms with van der Waals surface area (Å²) < 4.78 is 0. The first kappa shape index (κ1) is 11.9. The second kappa shape index (κ2) is 4.81. The molecule has 0 aliphatic heterocycles. The second-order valence-corrected chi connectivity index (χ2v) is 3.40. The summed E-state index contributed by atoms with van der Waals surface area (Å²) in [5.41, 5.74) is 4.40. The molecule has 2 amide bonds. The first-order chi connectivity index (χ1) is 5.86. The van der Waals surface area contributed by atoms with Crippen LogP contribution in [0.15, 0.2) is 0 Å². The highest BCUT2D eigenvalue weighted by atomic mass is 16.2. The van der Waals surface area contributed by atoms with Crippen LogP contribution < -0.4 is 16.4 Å². The van der Waals surface area contributed by atoms with Gasteiger partial charge in [0.15, 0.2) is 0 Å². The maximum atomic E-state index is 10.8. The minimum atomic E-state index is -0.724. The third kappa shape index (κ3) is 5.19. The molecule has 0 aromatic rings. The molecule has 0 aliphatic rings. The molecule has 0 aliphatic carbocycles. The van der Waals surface area contributed by atoms with Gasteiger partial charge in [0.1, 0.15) is 0 Å². The molecule has 4 N–H and O–H groups in total. The van der Waals surface area contributed by atoms with Gasteiger partial charge in [-0.25, -0.2) is 0 Å². The van der Waals surface area contributed by atoms with E-state index in [4.69, 9.17) is 5.73 Å².